The smallest absolute Gasteiger partial charge is 0.0794 e. The van der Waals surface area contributed by atoms with Gasteiger partial charge in [-0.3, -0.25) is 9.88 Å². The first-order chi connectivity index (χ1) is 10.3. The standard InChI is InChI=1S/C17H31N3S/c1-4-11-19-16(12-15-13-18-14-21-15)17(9-7-8-10-17)20(5-2)6-3/h13-14,16,19H,4-12H2,1-3H3. The average Bonchev–Trinajstić information content (AvgIpc) is 3.17. The highest BCUT2D eigenvalue weighted by atomic mass is 32.1. The molecule has 0 aliphatic heterocycles. The molecule has 1 aromatic rings. The highest BCUT2D eigenvalue weighted by Gasteiger charge is 2.44. The van der Waals surface area contributed by atoms with Crippen LogP contribution in [-0.4, -0.2) is 41.1 Å². The molecular weight excluding hydrogens is 278 g/mol. The Morgan fingerprint density at radius 3 is 2.52 bits per heavy atom. The number of likely N-dealkylation sites (N-methyl/N-ethyl adjacent to an activating group) is 1. The lowest BCUT2D eigenvalue weighted by molar-refractivity contribution is 0.0632. The quantitative estimate of drug-likeness (QED) is 0.754. The van der Waals surface area contributed by atoms with Gasteiger partial charge in [-0.25, -0.2) is 0 Å². The minimum Gasteiger partial charge on any atom is -0.312 e. The molecule has 0 amide bonds. The maximum Gasteiger partial charge on any atom is 0.0794 e. The Balaban J connectivity index is 2.21. The molecule has 1 N–H and O–H groups in total. The van der Waals surface area contributed by atoms with Gasteiger partial charge in [-0.2, -0.15) is 0 Å². The van der Waals surface area contributed by atoms with Crippen LogP contribution in [0.5, 0.6) is 0 Å². The molecule has 1 aliphatic rings. The van der Waals surface area contributed by atoms with Crippen LogP contribution in [0.3, 0.4) is 0 Å². The number of aromatic nitrogens is 1. The Morgan fingerprint density at radius 2 is 2.00 bits per heavy atom. The molecule has 1 atom stereocenters. The average molecular weight is 310 g/mol. The molecule has 1 aliphatic carbocycles. The van der Waals surface area contributed by atoms with Crippen LogP contribution in [0.25, 0.3) is 0 Å². The van der Waals surface area contributed by atoms with E-state index in [1.54, 1.807) is 11.3 Å². The van der Waals surface area contributed by atoms with E-state index in [0.717, 1.165) is 26.1 Å². The summed E-state index contributed by atoms with van der Waals surface area (Å²) in [5.41, 5.74) is 2.31. The normalized spacial score (nSPS) is 19.2. The van der Waals surface area contributed by atoms with Gasteiger partial charge in [-0.15, -0.1) is 11.3 Å². The van der Waals surface area contributed by atoms with E-state index in [4.69, 9.17) is 0 Å². The first-order valence-corrected chi connectivity index (χ1v) is 9.50. The van der Waals surface area contributed by atoms with Crippen molar-refractivity contribution in [3.63, 3.8) is 0 Å². The molecule has 1 fully saturated rings. The Bertz CT molecular complexity index is 381. The van der Waals surface area contributed by atoms with Crippen LogP contribution in [0, 0.1) is 0 Å². The Hall–Kier alpha value is -0.450. The molecule has 1 unspecified atom stereocenters. The molecule has 0 saturated heterocycles. The molecule has 120 valence electrons. The van der Waals surface area contributed by atoms with E-state index >= 15 is 0 Å². The molecule has 4 heteroatoms. The van der Waals surface area contributed by atoms with E-state index in [9.17, 15) is 0 Å². The predicted molar refractivity (Wildman–Crippen MR) is 92.0 cm³/mol. The van der Waals surface area contributed by atoms with Crippen molar-refractivity contribution >= 4 is 11.3 Å². The SMILES string of the molecule is CCCNC(Cc1cncs1)C1(N(CC)CC)CCCC1. The minimum absolute atomic E-state index is 0.350. The number of hydrogen-bond donors (Lipinski definition) is 1. The van der Waals surface area contributed by atoms with Crippen molar-refractivity contribution in [2.45, 2.75) is 70.9 Å². The summed E-state index contributed by atoms with van der Waals surface area (Å²) in [5, 5.41) is 3.88. The van der Waals surface area contributed by atoms with E-state index in [1.165, 1.54) is 37.0 Å². The largest absolute Gasteiger partial charge is 0.312 e. The first kappa shape index (κ1) is 16.9. The summed E-state index contributed by atoms with van der Waals surface area (Å²) < 4.78 is 0. The molecule has 1 aromatic heterocycles. The zero-order chi connectivity index (χ0) is 15.1. The van der Waals surface area contributed by atoms with Gasteiger partial charge >= 0.3 is 0 Å². The lowest BCUT2D eigenvalue weighted by Crippen LogP contribution is -2.60. The number of nitrogens with one attached hydrogen (secondary N) is 1. The molecule has 2 rings (SSSR count). The van der Waals surface area contributed by atoms with Gasteiger partial charge in [0.05, 0.1) is 5.51 Å². The van der Waals surface area contributed by atoms with Crippen molar-refractivity contribution in [2.75, 3.05) is 19.6 Å². The summed E-state index contributed by atoms with van der Waals surface area (Å²) in [7, 11) is 0. The second-order valence-electron chi connectivity index (χ2n) is 6.16. The zero-order valence-electron chi connectivity index (χ0n) is 13.9. The molecule has 3 nitrogen and oxygen atoms in total. The Morgan fingerprint density at radius 1 is 1.29 bits per heavy atom. The van der Waals surface area contributed by atoms with Crippen LogP contribution in [0.2, 0.25) is 0 Å². The predicted octanol–water partition coefficient (Wildman–Crippen LogP) is 3.71. The van der Waals surface area contributed by atoms with Crippen molar-refractivity contribution in [2.24, 2.45) is 0 Å². The first-order valence-electron chi connectivity index (χ1n) is 8.62. The number of nitrogens with zero attached hydrogens (tertiary/aromatic N) is 2. The van der Waals surface area contributed by atoms with E-state index in [-0.39, 0.29) is 0 Å². The van der Waals surface area contributed by atoms with Gasteiger partial charge < -0.3 is 5.32 Å². The summed E-state index contributed by atoms with van der Waals surface area (Å²) in [6.45, 7) is 10.3. The number of hydrogen-bond acceptors (Lipinski definition) is 4. The highest BCUT2D eigenvalue weighted by molar-refractivity contribution is 7.09. The van der Waals surface area contributed by atoms with Crippen LogP contribution in [0.1, 0.15) is 57.8 Å². The second-order valence-corrected chi connectivity index (χ2v) is 7.13. The monoisotopic (exact) mass is 309 g/mol. The van der Waals surface area contributed by atoms with E-state index in [2.05, 4.69) is 42.2 Å². The van der Waals surface area contributed by atoms with Crippen LogP contribution < -0.4 is 5.32 Å². The van der Waals surface area contributed by atoms with E-state index in [1.807, 2.05) is 5.51 Å². The van der Waals surface area contributed by atoms with Gasteiger partial charge in [0, 0.05) is 29.1 Å². The maximum atomic E-state index is 4.27. The van der Waals surface area contributed by atoms with Crippen molar-refractivity contribution in [3.05, 3.63) is 16.6 Å². The third kappa shape index (κ3) is 3.85. The molecule has 0 spiro atoms. The fourth-order valence-corrected chi connectivity index (χ4v) is 4.68. The summed E-state index contributed by atoms with van der Waals surface area (Å²) in [6.07, 6.45) is 9.82. The van der Waals surface area contributed by atoms with E-state index in [0.29, 0.717) is 11.6 Å². The summed E-state index contributed by atoms with van der Waals surface area (Å²) in [4.78, 5) is 8.40. The van der Waals surface area contributed by atoms with Gasteiger partial charge in [0.2, 0.25) is 0 Å². The van der Waals surface area contributed by atoms with Crippen LogP contribution in [0.15, 0.2) is 11.7 Å². The lowest BCUT2D eigenvalue weighted by Gasteiger charge is -2.46. The zero-order valence-corrected chi connectivity index (χ0v) is 14.7. The molecule has 1 heterocycles. The topological polar surface area (TPSA) is 28.2 Å². The summed E-state index contributed by atoms with van der Waals surface area (Å²) in [5.74, 6) is 0. The van der Waals surface area contributed by atoms with Gasteiger partial charge in [0.1, 0.15) is 0 Å². The fourth-order valence-electron chi connectivity index (χ4n) is 4.04. The molecule has 1 saturated carbocycles. The highest BCUT2D eigenvalue weighted by Crippen LogP contribution is 2.39. The van der Waals surface area contributed by atoms with Gasteiger partial charge in [-0.1, -0.05) is 33.6 Å². The minimum atomic E-state index is 0.350. The Labute approximate surface area is 134 Å². The van der Waals surface area contributed by atoms with Gasteiger partial charge in [0.25, 0.3) is 0 Å². The molecule has 0 bridgehead atoms. The third-order valence-corrected chi connectivity index (χ3v) is 5.84. The molecular formula is C17H31N3S. The van der Waals surface area contributed by atoms with Crippen molar-refractivity contribution in [1.82, 2.24) is 15.2 Å². The number of thiazole rings is 1. The molecule has 0 radical (unpaired) electrons. The van der Waals surface area contributed by atoms with Crippen molar-refractivity contribution < 1.29 is 0 Å². The summed E-state index contributed by atoms with van der Waals surface area (Å²) in [6, 6.07) is 0.556. The lowest BCUT2D eigenvalue weighted by atomic mass is 9.83. The maximum absolute atomic E-state index is 4.27. The van der Waals surface area contributed by atoms with Gasteiger partial charge in [0.15, 0.2) is 0 Å². The van der Waals surface area contributed by atoms with Crippen molar-refractivity contribution in [1.29, 1.82) is 0 Å². The van der Waals surface area contributed by atoms with Crippen molar-refractivity contribution in [3.8, 4) is 0 Å². The second kappa shape index (κ2) is 8.25. The van der Waals surface area contributed by atoms with Crippen LogP contribution >= 0.6 is 11.3 Å². The van der Waals surface area contributed by atoms with E-state index < -0.39 is 0 Å². The third-order valence-electron chi connectivity index (χ3n) is 5.04. The summed E-state index contributed by atoms with van der Waals surface area (Å²) >= 11 is 1.80. The molecule has 21 heavy (non-hydrogen) atoms. The van der Waals surface area contributed by atoms with Crippen LogP contribution in [-0.2, 0) is 6.42 Å². The Kier molecular flexibility index (Phi) is 6.65. The molecule has 0 aromatic carbocycles. The van der Waals surface area contributed by atoms with Gasteiger partial charge in [-0.05, 0) is 38.9 Å². The fraction of sp³-hybridized carbons (Fsp3) is 0.824. The van der Waals surface area contributed by atoms with Crippen LogP contribution in [0.4, 0.5) is 0 Å². The number of rotatable bonds is 9.